The summed E-state index contributed by atoms with van der Waals surface area (Å²) in [4.78, 5) is 48.4. The van der Waals surface area contributed by atoms with Crippen LogP contribution in [0.3, 0.4) is 0 Å². The van der Waals surface area contributed by atoms with Gasteiger partial charge in [-0.05, 0) is 51.5 Å². The van der Waals surface area contributed by atoms with Crippen LogP contribution in [-0.2, 0) is 23.2 Å². The Morgan fingerprint density at radius 2 is 1.81 bits per heavy atom. The van der Waals surface area contributed by atoms with Gasteiger partial charge < -0.3 is 19.3 Å². The number of likely N-dealkylation sites (N-methyl/N-ethyl adjacent to an activating group) is 1. The van der Waals surface area contributed by atoms with Crippen molar-refractivity contribution in [1.29, 1.82) is 0 Å². The number of imide groups is 1. The molecule has 2 heterocycles. The van der Waals surface area contributed by atoms with E-state index in [-0.39, 0.29) is 32.1 Å². The van der Waals surface area contributed by atoms with Crippen LogP contribution in [0.4, 0.5) is 5.69 Å². The van der Waals surface area contributed by atoms with Crippen molar-refractivity contribution in [3.63, 3.8) is 0 Å². The van der Waals surface area contributed by atoms with Gasteiger partial charge in [-0.1, -0.05) is 12.1 Å². The van der Waals surface area contributed by atoms with Crippen molar-refractivity contribution in [3.8, 4) is 0 Å². The van der Waals surface area contributed by atoms with Gasteiger partial charge in [0.15, 0.2) is 6.10 Å². The van der Waals surface area contributed by atoms with Gasteiger partial charge in [-0.25, -0.2) is 0 Å². The van der Waals surface area contributed by atoms with Gasteiger partial charge in [0.1, 0.15) is 5.78 Å². The standard InChI is InChI=1S/C25H33N4O7P/c1-6-34-37(33,35-7-2)21-15-20(36-28(21)5)23(30)26-17-13-16-9-8-10-18-22(16)19(14-17)25(32)29(24(18)31)12-11-27(3)4/h8-10,13-14,20-21H,6-7,11-12,15H2,1-5H3,(H,26,30)/t20-,21+/m0/s1. The van der Waals surface area contributed by atoms with E-state index in [9.17, 15) is 18.9 Å². The van der Waals surface area contributed by atoms with E-state index in [0.29, 0.717) is 34.1 Å². The second-order valence-electron chi connectivity index (χ2n) is 9.21. The number of nitrogens with one attached hydrogen (secondary N) is 1. The Bertz CT molecular complexity index is 1260. The highest BCUT2D eigenvalue weighted by Gasteiger charge is 2.48. The molecule has 1 saturated heterocycles. The van der Waals surface area contributed by atoms with Gasteiger partial charge in [0.2, 0.25) is 0 Å². The maximum absolute atomic E-state index is 13.3. The molecule has 0 unspecified atom stereocenters. The highest BCUT2D eigenvalue weighted by molar-refractivity contribution is 7.54. The summed E-state index contributed by atoms with van der Waals surface area (Å²) in [6.45, 7) is 4.62. The Morgan fingerprint density at radius 1 is 1.14 bits per heavy atom. The molecule has 2 aliphatic heterocycles. The largest absolute Gasteiger partial charge is 0.350 e. The first-order valence-electron chi connectivity index (χ1n) is 12.3. The molecule has 11 nitrogen and oxygen atoms in total. The van der Waals surface area contributed by atoms with Crippen molar-refractivity contribution in [2.45, 2.75) is 32.2 Å². The molecule has 0 aromatic heterocycles. The van der Waals surface area contributed by atoms with Crippen LogP contribution in [0, 0.1) is 0 Å². The molecule has 0 spiro atoms. The molecule has 12 heteroatoms. The molecule has 0 saturated carbocycles. The Kier molecular flexibility index (Phi) is 8.13. The Balaban J connectivity index is 1.59. The molecule has 1 fully saturated rings. The van der Waals surface area contributed by atoms with Gasteiger partial charge >= 0.3 is 7.60 Å². The lowest BCUT2D eigenvalue weighted by Crippen LogP contribution is -2.43. The van der Waals surface area contributed by atoms with Crippen molar-refractivity contribution in [1.82, 2.24) is 14.9 Å². The molecule has 4 rings (SSSR count). The van der Waals surface area contributed by atoms with Crippen LogP contribution in [0.25, 0.3) is 10.8 Å². The molecule has 3 amide bonds. The lowest BCUT2D eigenvalue weighted by atomic mass is 9.93. The number of carbonyl (C=O) groups excluding carboxylic acids is 3. The van der Waals surface area contributed by atoms with Crippen LogP contribution >= 0.6 is 7.60 Å². The molecule has 1 N–H and O–H groups in total. The van der Waals surface area contributed by atoms with Crippen LogP contribution < -0.4 is 5.32 Å². The number of carbonyl (C=O) groups is 3. The van der Waals surface area contributed by atoms with Gasteiger partial charge in [-0.15, -0.1) is 0 Å². The fraction of sp³-hybridized carbons (Fsp3) is 0.480. The van der Waals surface area contributed by atoms with Crippen molar-refractivity contribution < 1.29 is 32.8 Å². The van der Waals surface area contributed by atoms with Crippen molar-refractivity contribution in [2.24, 2.45) is 0 Å². The minimum absolute atomic E-state index is 0.107. The quantitative estimate of drug-likeness (QED) is 0.364. The van der Waals surface area contributed by atoms with Crippen molar-refractivity contribution >= 4 is 41.8 Å². The van der Waals surface area contributed by atoms with E-state index in [1.54, 1.807) is 51.2 Å². The predicted molar refractivity (Wildman–Crippen MR) is 138 cm³/mol. The monoisotopic (exact) mass is 532 g/mol. The van der Waals surface area contributed by atoms with E-state index in [2.05, 4.69) is 5.32 Å². The number of hydroxylamine groups is 2. The summed E-state index contributed by atoms with van der Waals surface area (Å²) in [5, 5.41) is 5.41. The molecule has 2 aromatic rings. The number of nitrogens with zero attached hydrogens (tertiary/aromatic N) is 3. The molecule has 2 aromatic carbocycles. The lowest BCUT2D eigenvalue weighted by Gasteiger charge is -2.28. The first-order valence-corrected chi connectivity index (χ1v) is 13.9. The van der Waals surface area contributed by atoms with E-state index in [1.165, 1.54) is 9.96 Å². The number of hydrogen-bond acceptors (Lipinski definition) is 9. The molecule has 200 valence electrons. The maximum Gasteiger partial charge on any atom is 0.350 e. The number of benzene rings is 2. The Morgan fingerprint density at radius 3 is 2.46 bits per heavy atom. The van der Waals surface area contributed by atoms with Crippen molar-refractivity contribution in [3.05, 3.63) is 41.5 Å². The number of amides is 3. The average Bonchev–Trinajstić information content (AvgIpc) is 3.25. The summed E-state index contributed by atoms with van der Waals surface area (Å²) in [5.41, 5.74) is 1.20. The van der Waals surface area contributed by atoms with Gasteiger partial charge in [0.05, 0.1) is 18.8 Å². The zero-order valence-corrected chi connectivity index (χ0v) is 22.6. The first kappa shape index (κ1) is 27.4. The highest BCUT2D eigenvalue weighted by Crippen LogP contribution is 2.57. The van der Waals surface area contributed by atoms with E-state index in [1.807, 2.05) is 19.0 Å². The second-order valence-corrected chi connectivity index (χ2v) is 11.4. The topological polar surface area (TPSA) is 118 Å². The van der Waals surface area contributed by atoms with E-state index in [4.69, 9.17) is 13.9 Å². The normalized spacial score (nSPS) is 20.3. The molecule has 37 heavy (non-hydrogen) atoms. The van der Waals surface area contributed by atoms with Crippen molar-refractivity contribution in [2.75, 3.05) is 52.8 Å². The average molecular weight is 533 g/mol. The second kappa shape index (κ2) is 11.0. The molecule has 2 atom stereocenters. The number of rotatable bonds is 10. The smallest absolute Gasteiger partial charge is 0.324 e. The van der Waals surface area contributed by atoms with Gasteiger partial charge in [0.25, 0.3) is 17.7 Å². The molecule has 0 bridgehead atoms. The van der Waals surface area contributed by atoms with Crippen LogP contribution in [0.15, 0.2) is 30.3 Å². The fourth-order valence-electron chi connectivity index (χ4n) is 4.66. The van der Waals surface area contributed by atoms with Crippen LogP contribution in [0.5, 0.6) is 0 Å². The van der Waals surface area contributed by atoms with Crippen LogP contribution in [0.1, 0.15) is 41.0 Å². The van der Waals surface area contributed by atoms with E-state index in [0.717, 1.165) is 0 Å². The lowest BCUT2D eigenvalue weighted by molar-refractivity contribution is -0.155. The van der Waals surface area contributed by atoms with E-state index >= 15 is 0 Å². The zero-order chi connectivity index (χ0) is 26.9. The fourth-order valence-corrected chi connectivity index (χ4v) is 6.70. The molecule has 0 radical (unpaired) electrons. The third-order valence-corrected chi connectivity index (χ3v) is 8.88. The summed E-state index contributed by atoms with van der Waals surface area (Å²) in [5.74, 6) is -1.93. The minimum atomic E-state index is -3.53. The summed E-state index contributed by atoms with van der Waals surface area (Å²) in [6, 6.07) is 8.56. The Hall–Kier alpha value is -2.66. The van der Waals surface area contributed by atoms with Crippen LogP contribution in [0.2, 0.25) is 0 Å². The summed E-state index contributed by atoms with van der Waals surface area (Å²) in [6.07, 6.45) is -0.827. The van der Waals surface area contributed by atoms with Gasteiger partial charge in [-0.3, -0.25) is 28.7 Å². The highest BCUT2D eigenvalue weighted by atomic mass is 31.2. The van der Waals surface area contributed by atoms with E-state index < -0.39 is 31.3 Å². The van der Waals surface area contributed by atoms with Gasteiger partial charge in [0, 0.05) is 43.2 Å². The number of hydrogen-bond donors (Lipinski definition) is 1. The Labute approximate surface area is 216 Å². The SMILES string of the molecule is CCOP(=O)(OCC)[C@@H]1C[C@@H](C(=O)Nc2cc3c4c(cccc4c2)C(=O)N(CCN(C)C)C3=O)ON1C. The van der Waals surface area contributed by atoms with Crippen LogP contribution in [-0.4, -0.2) is 91.9 Å². The molecular weight excluding hydrogens is 499 g/mol. The third-order valence-electron chi connectivity index (χ3n) is 6.38. The number of anilines is 1. The maximum atomic E-state index is 13.3. The minimum Gasteiger partial charge on any atom is -0.324 e. The summed E-state index contributed by atoms with van der Waals surface area (Å²) < 4.78 is 24.1. The molecular formula is C25H33N4O7P. The summed E-state index contributed by atoms with van der Waals surface area (Å²) in [7, 11) is 1.80. The predicted octanol–water partition coefficient (Wildman–Crippen LogP) is 3.16. The molecule has 2 aliphatic rings. The van der Waals surface area contributed by atoms with Gasteiger partial charge in [-0.2, -0.15) is 5.06 Å². The zero-order valence-electron chi connectivity index (χ0n) is 21.7. The third kappa shape index (κ3) is 5.34. The first-order chi connectivity index (χ1) is 17.6. The molecule has 0 aliphatic carbocycles. The summed E-state index contributed by atoms with van der Waals surface area (Å²) >= 11 is 0.